The molecule has 22 heavy (non-hydrogen) atoms. The molecule has 116 valence electrons. The molecule has 0 unspecified atom stereocenters. The zero-order valence-corrected chi connectivity index (χ0v) is 12.6. The van der Waals surface area contributed by atoms with E-state index in [0.717, 1.165) is 24.3 Å². The Bertz CT molecular complexity index is 624. The molecule has 0 saturated carbocycles. The summed E-state index contributed by atoms with van der Waals surface area (Å²) >= 11 is 0. The summed E-state index contributed by atoms with van der Waals surface area (Å²) in [5.41, 5.74) is 7.85. The molecule has 0 spiro atoms. The van der Waals surface area contributed by atoms with Crippen molar-refractivity contribution in [3.63, 3.8) is 0 Å². The molecule has 0 aliphatic carbocycles. The Kier molecular flexibility index (Phi) is 5.65. The van der Waals surface area contributed by atoms with Crippen LogP contribution in [0, 0.1) is 0 Å². The summed E-state index contributed by atoms with van der Waals surface area (Å²) in [5.74, 6) is 1.38. The van der Waals surface area contributed by atoms with Crippen LogP contribution in [0.4, 0.5) is 5.69 Å². The number of aromatic hydroxyl groups is 1. The predicted octanol–water partition coefficient (Wildman–Crippen LogP) is 2.76. The maximum Gasteiger partial charge on any atom is 0.193 e. The highest BCUT2D eigenvalue weighted by Crippen LogP contribution is 2.22. The van der Waals surface area contributed by atoms with Crippen LogP contribution in [-0.4, -0.2) is 24.7 Å². The number of methoxy groups -OCH3 is 1. The monoisotopic (exact) mass is 299 g/mol. The second kappa shape index (κ2) is 7.93. The van der Waals surface area contributed by atoms with Gasteiger partial charge in [0, 0.05) is 6.54 Å². The molecule has 0 aliphatic rings. The molecule has 0 amide bonds. The maximum atomic E-state index is 9.23. The molecular weight excluding hydrogens is 278 g/mol. The molecule has 5 nitrogen and oxygen atoms in total. The van der Waals surface area contributed by atoms with Gasteiger partial charge in [-0.3, -0.25) is 4.99 Å². The fourth-order valence-corrected chi connectivity index (χ4v) is 2.07. The van der Waals surface area contributed by atoms with Crippen LogP contribution in [-0.2, 0) is 6.42 Å². The molecule has 0 bridgehead atoms. The Hall–Kier alpha value is -2.69. The Balaban J connectivity index is 1.81. The Morgan fingerprint density at radius 1 is 1.18 bits per heavy atom. The van der Waals surface area contributed by atoms with Gasteiger partial charge in [-0.1, -0.05) is 24.3 Å². The van der Waals surface area contributed by atoms with Gasteiger partial charge in [-0.25, -0.2) is 0 Å². The van der Waals surface area contributed by atoms with Gasteiger partial charge < -0.3 is 20.9 Å². The number of guanidine groups is 1. The highest BCUT2D eigenvalue weighted by Gasteiger charge is 2.02. The molecule has 4 N–H and O–H groups in total. The van der Waals surface area contributed by atoms with Gasteiger partial charge in [0.2, 0.25) is 0 Å². The van der Waals surface area contributed by atoms with Crippen LogP contribution in [0.2, 0.25) is 0 Å². The first-order valence-corrected chi connectivity index (χ1v) is 7.17. The first-order valence-electron chi connectivity index (χ1n) is 7.17. The number of hydrogen-bond acceptors (Lipinski definition) is 3. The van der Waals surface area contributed by atoms with Crippen LogP contribution >= 0.6 is 0 Å². The second-order valence-corrected chi connectivity index (χ2v) is 4.86. The Morgan fingerprint density at radius 2 is 1.91 bits per heavy atom. The van der Waals surface area contributed by atoms with Crippen molar-refractivity contribution in [2.24, 2.45) is 10.7 Å². The summed E-state index contributed by atoms with van der Waals surface area (Å²) in [6.45, 7) is 0.634. The molecule has 2 aromatic rings. The summed E-state index contributed by atoms with van der Waals surface area (Å²) in [4.78, 5) is 4.31. The lowest BCUT2D eigenvalue weighted by molar-refractivity contribution is 0.417. The fourth-order valence-electron chi connectivity index (χ4n) is 2.07. The lowest BCUT2D eigenvalue weighted by atomic mass is 10.1. The maximum absolute atomic E-state index is 9.23. The average Bonchev–Trinajstić information content (AvgIpc) is 2.54. The molecule has 5 heteroatoms. The van der Waals surface area contributed by atoms with E-state index < -0.39 is 0 Å². The third-order valence-electron chi connectivity index (χ3n) is 3.21. The van der Waals surface area contributed by atoms with E-state index in [1.807, 2.05) is 36.4 Å². The molecule has 0 aromatic heterocycles. The van der Waals surface area contributed by atoms with Gasteiger partial charge in [-0.2, -0.15) is 0 Å². The van der Waals surface area contributed by atoms with Gasteiger partial charge in [0.15, 0.2) is 5.96 Å². The van der Waals surface area contributed by atoms with Crippen molar-refractivity contribution in [2.45, 2.75) is 12.8 Å². The number of rotatable bonds is 6. The number of ether oxygens (including phenoxy) is 1. The molecule has 2 aromatic carbocycles. The summed E-state index contributed by atoms with van der Waals surface area (Å²) < 4.78 is 5.25. The van der Waals surface area contributed by atoms with Crippen molar-refractivity contribution in [1.82, 2.24) is 0 Å². The standard InChI is InChI=1S/C17H21N3O2/c1-22-16-7-3-2-6-15(16)20-17(18)19-12-4-5-13-8-10-14(21)11-9-13/h2-3,6-11,21H,4-5,12H2,1H3,(H3,18,19,20). The number of para-hydroxylation sites is 2. The summed E-state index contributed by atoms with van der Waals surface area (Å²) in [7, 11) is 1.62. The van der Waals surface area contributed by atoms with Crippen molar-refractivity contribution in [3.8, 4) is 11.5 Å². The summed E-state index contributed by atoms with van der Waals surface area (Å²) in [6, 6.07) is 14.8. The van der Waals surface area contributed by atoms with E-state index in [-0.39, 0.29) is 5.75 Å². The SMILES string of the molecule is COc1ccccc1NC(N)=NCCCc1ccc(O)cc1. The zero-order chi connectivity index (χ0) is 15.8. The number of benzene rings is 2. The smallest absolute Gasteiger partial charge is 0.193 e. The van der Waals surface area contributed by atoms with E-state index in [1.165, 1.54) is 5.56 Å². The fraction of sp³-hybridized carbons (Fsp3) is 0.235. The third kappa shape index (κ3) is 4.70. The van der Waals surface area contributed by atoms with Crippen LogP contribution in [0.5, 0.6) is 11.5 Å². The van der Waals surface area contributed by atoms with Crippen molar-refractivity contribution >= 4 is 11.6 Å². The highest BCUT2D eigenvalue weighted by molar-refractivity contribution is 5.93. The number of nitrogens with one attached hydrogen (secondary N) is 1. The van der Waals surface area contributed by atoms with Gasteiger partial charge in [0.25, 0.3) is 0 Å². The quantitative estimate of drug-likeness (QED) is 0.435. The van der Waals surface area contributed by atoms with Crippen LogP contribution in [0.15, 0.2) is 53.5 Å². The first-order chi connectivity index (χ1) is 10.7. The van der Waals surface area contributed by atoms with Crippen molar-refractivity contribution in [2.75, 3.05) is 19.0 Å². The molecule has 2 rings (SSSR count). The first kappa shape index (κ1) is 15.7. The average molecular weight is 299 g/mol. The Labute approximate surface area is 130 Å². The lowest BCUT2D eigenvalue weighted by Gasteiger charge is -2.10. The molecule has 0 fully saturated rings. The van der Waals surface area contributed by atoms with Crippen LogP contribution in [0.3, 0.4) is 0 Å². The normalized spacial score (nSPS) is 11.2. The summed E-state index contributed by atoms with van der Waals surface area (Å²) in [5, 5.41) is 12.3. The molecule has 0 radical (unpaired) electrons. The van der Waals surface area contributed by atoms with E-state index in [2.05, 4.69) is 10.3 Å². The number of aryl methyl sites for hydroxylation is 1. The Morgan fingerprint density at radius 3 is 2.64 bits per heavy atom. The topological polar surface area (TPSA) is 79.9 Å². The highest BCUT2D eigenvalue weighted by atomic mass is 16.5. The van der Waals surface area contributed by atoms with Gasteiger partial charge in [0.1, 0.15) is 11.5 Å². The third-order valence-corrected chi connectivity index (χ3v) is 3.21. The van der Waals surface area contributed by atoms with E-state index in [1.54, 1.807) is 19.2 Å². The van der Waals surface area contributed by atoms with Gasteiger partial charge in [-0.15, -0.1) is 0 Å². The lowest BCUT2D eigenvalue weighted by Crippen LogP contribution is -2.23. The van der Waals surface area contributed by atoms with E-state index in [9.17, 15) is 5.11 Å². The number of nitrogens with zero attached hydrogens (tertiary/aromatic N) is 1. The number of phenolic OH excluding ortho intramolecular Hbond substituents is 1. The number of nitrogens with two attached hydrogens (primary N) is 1. The van der Waals surface area contributed by atoms with Gasteiger partial charge in [0.05, 0.1) is 12.8 Å². The molecule has 0 atom stereocenters. The number of hydrogen-bond donors (Lipinski definition) is 3. The molecule has 0 saturated heterocycles. The van der Waals surface area contributed by atoms with Gasteiger partial charge >= 0.3 is 0 Å². The van der Waals surface area contributed by atoms with Gasteiger partial charge in [-0.05, 0) is 42.7 Å². The minimum absolute atomic E-state index is 0.284. The summed E-state index contributed by atoms with van der Waals surface area (Å²) in [6.07, 6.45) is 1.78. The zero-order valence-electron chi connectivity index (χ0n) is 12.6. The van der Waals surface area contributed by atoms with E-state index >= 15 is 0 Å². The van der Waals surface area contributed by atoms with E-state index in [4.69, 9.17) is 10.5 Å². The van der Waals surface area contributed by atoms with Crippen molar-refractivity contribution < 1.29 is 9.84 Å². The molecule has 0 aliphatic heterocycles. The van der Waals surface area contributed by atoms with Crippen LogP contribution in [0.25, 0.3) is 0 Å². The number of phenols is 1. The second-order valence-electron chi connectivity index (χ2n) is 4.86. The van der Waals surface area contributed by atoms with Crippen LogP contribution < -0.4 is 15.8 Å². The largest absolute Gasteiger partial charge is 0.508 e. The minimum atomic E-state index is 0.284. The van der Waals surface area contributed by atoms with Crippen molar-refractivity contribution in [3.05, 3.63) is 54.1 Å². The van der Waals surface area contributed by atoms with Crippen molar-refractivity contribution in [1.29, 1.82) is 0 Å². The minimum Gasteiger partial charge on any atom is -0.508 e. The van der Waals surface area contributed by atoms with Crippen LogP contribution in [0.1, 0.15) is 12.0 Å². The predicted molar refractivity (Wildman–Crippen MR) is 89.5 cm³/mol. The van der Waals surface area contributed by atoms with E-state index in [0.29, 0.717) is 12.5 Å². The molecular formula is C17H21N3O2. The number of anilines is 1. The number of aliphatic imine (C=N–C) groups is 1. The molecule has 0 heterocycles.